The molecule has 0 saturated carbocycles. The maximum Gasteiger partial charge on any atom is 0.251 e. The van der Waals surface area contributed by atoms with E-state index in [1.165, 1.54) is 17.8 Å². The number of hydrogen-bond acceptors (Lipinski definition) is 5. The second-order valence-electron chi connectivity index (χ2n) is 3.79. The largest absolute Gasteiger partial charge is 0.316 e. The molecule has 0 aliphatic heterocycles. The van der Waals surface area contributed by atoms with Gasteiger partial charge in [-0.25, -0.2) is 9.97 Å². The van der Waals surface area contributed by atoms with Gasteiger partial charge >= 0.3 is 0 Å². The Kier molecular flexibility index (Phi) is 4.11. The van der Waals surface area contributed by atoms with Gasteiger partial charge < -0.3 is 10.3 Å². The second kappa shape index (κ2) is 5.79. The summed E-state index contributed by atoms with van der Waals surface area (Å²) in [6.45, 7) is 2.53. The zero-order valence-electron chi connectivity index (χ0n) is 10.2. The van der Waals surface area contributed by atoms with Gasteiger partial charge in [0, 0.05) is 24.5 Å². The average molecular weight is 262 g/mol. The molecular formula is C12H14N4OS. The molecule has 5 nitrogen and oxygen atoms in total. The van der Waals surface area contributed by atoms with E-state index in [4.69, 9.17) is 0 Å². The van der Waals surface area contributed by atoms with Crippen LogP contribution in [0, 0.1) is 6.92 Å². The van der Waals surface area contributed by atoms with Gasteiger partial charge in [0.1, 0.15) is 5.03 Å². The molecule has 2 N–H and O–H groups in total. The van der Waals surface area contributed by atoms with Crippen LogP contribution in [0.25, 0.3) is 0 Å². The molecule has 0 aliphatic rings. The van der Waals surface area contributed by atoms with Gasteiger partial charge in [0.15, 0.2) is 5.16 Å². The third-order valence-corrected chi connectivity index (χ3v) is 3.21. The van der Waals surface area contributed by atoms with Gasteiger partial charge in [-0.15, -0.1) is 0 Å². The molecule has 0 aromatic carbocycles. The molecule has 2 aromatic rings. The highest BCUT2D eigenvalue weighted by Gasteiger charge is 2.07. The van der Waals surface area contributed by atoms with E-state index in [0.717, 1.165) is 17.1 Å². The van der Waals surface area contributed by atoms with Gasteiger partial charge in [-0.2, -0.15) is 0 Å². The highest BCUT2D eigenvalue weighted by Crippen LogP contribution is 2.24. The number of hydrogen-bond donors (Lipinski definition) is 2. The minimum absolute atomic E-state index is 0.143. The molecule has 0 spiro atoms. The van der Waals surface area contributed by atoms with Gasteiger partial charge in [0.05, 0.1) is 0 Å². The van der Waals surface area contributed by atoms with E-state index in [1.54, 1.807) is 13.1 Å². The fourth-order valence-electron chi connectivity index (χ4n) is 1.53. The lowest BCUT2D eigenvalue weighted by atomic mass is 10.3. The topological polar surface area (TPSA) is 70.7 Å². The van der Waals surface area contributed by atoms with E-state index in [1.807, 2.05) is 19.2 Å². The van der Waals surface area contributed by atoms with Crippen molar-refractivity contribution in [2.24, 2.45) is 0 Å². The maximum absolute atomic E-state index is 11.4. The Balaban J connectivity index is 2.30. The Morgan fingerprint density at radius 2 is 2.33 bits per heavy atom. The molecule has 18 heavy (non-hydrogen) atoms. The standard InChI is InChI=1S/C12H14N4OS/c1-8-6-10(17)16-12(15-8)18-11-9(7-13-2)4-3-5-14-11/h3-6,13H,7H2,1-2H3,(H,15,16,17). The van der Waals surface area contributed by atoms with E-state index in [0.29, 0.717) is 10.9 Å². The molecule has 0 aliphatic carbocycles. The van der Waals surface area contributed by atoms with Gasteiger partial charge in [-0.3, -0.25) is 4.79 Å². The molecular weight excluding hydrogens is 248 g/mol. The summed E-state index contributed by atoms with van der Waals surface area (Å²) >= 11 is 1.36. The summed E-state index contributed by atoms with van der Waals surface area (Å²) < 4.78 is 0. The van der Waals surface area contributed by atoms with Crippen LogP contribution in [0.3, 0.4) is 0 Å². The maximum atomic E-state index is 11.4. The van der Waals surface area contributed by atoms with Crippen LogP contribution < -0.4 is 10.9 Å². The molecule has 0 amide bonds. The highest BCUT2D eigenvalue weighted by atomic mass is 32.2. The lowest BCUT2D eigenvalue weighted by Crippen LogP contribution is -2.09. The number of pyridine rings is 1. The summed E-state index contributed by atoms with van der Waals surface area (Å²) in [6.07, 6.45) is 1.73. The number of aryl methyl sites for hydroxylation is 1. The van der Waals surface area contributed by atoms with E-state index in [-0.39, 0.29) is 5.56 Å². The summed E-state index contributed by atoms with van der Waals surface area (Å²) in [5, 5.41) is 4.50. The van der Waals surface area contributed by atoms with Gasteiger partial charge in [-0.1, -0.05) is 6.07 Å². The zero-order chi connectivity index (χ0) is 13.0. The van der Waals surface area contributed by atoms with Crippen LogP contribution in [-0.2, 0) is 6.54 Å². The van der Waals surface area contributed by atoms with Gasteiger partial charge in [-0.05, 0) is 37.4 Å². The van der Waals surface area contributed by atoms with Crippen LogP contribution in [0.1, 0.15) is 11.3 Å². The lowest BCUT2D eigenvalue weighted by Gasteiger charge is -2.06. The van der Waals surface area contributed by atoms with Crippen LogP contribution in [0.5, 0.6) is 0 Å². The van der Waals surface area contributed by atoms with Crippen molar-refractivity contribution in [3.05, 3.63) is 46.0 Å². The fourth-order valence-corrected chi connectivity index (χ4v) is 2.44. The van der Waals surface area contributed by atoms with Crippen LogP contribution >= 0.6 is 11.8 Å². The van der Waals surface area contributed by atoms with Crippen LogP contribution in [0.4, 0.5) is 0 Å². The van der Waals surface area contributed by atoms with Crippen molar-refractivity contribution in [3.8, 4) is 0 Å². The lowest BCUT2D eigenvalue weighted by molar-refractivity contribution is 0.788. The summed E-state index contributed by atoms with van der Waals surface area (Å²) in [5.41, 5.74) is 1.64. The van der Waals surface area contributed by atoms with Crippen molar-refractivity contribution in [2.45, 2.75) is 23.7 Å². The van der Waals surface area contributed by atoms with Crippen molar-refractivity contribution in [2.75, 3.05) is 7.05 Å². The third kappa shape index (κ3) is 3.18. The molecule has 2 heterocycles. The van der Waals surface area contributed by atoms with Gasteiger partial charge in [0.25, 0.3) is 5.56 Å². The molecule has 0 unspecified atom stereocenters. The normalized spacial score (nSPS) is 10.6. The van der Waals surface area contributed by atoms with Crippen LogP contribution in [-0.4, -0.2) is 22.0 Å². The van der Waals surface area contributed by atoms with Crippen molar-refractivity contribution < 1.29 is 0 Å². The van der Waals surface area contributed by atoms with Crippen molar-refractivity contribution in [1.29, 1.82) is 0 Å². The molecule has 0 radical (unpaired) electrons. The first-order valence-electron chi connectivity index (χ1n) is 5.53. The van der Waals surface area contributed by atoms with Crippen molar-refractivity contribution >= 4 is 11.8 Å². The Hall–Kier alpha value is -1.66. The fraction of sp³-hybridized carbons (Fsp3) is 0.250. The van der Waals surface area contributed by atoms with E-state index in [2.05, 4.69) is 20.3 Å². The molecule has 0 atom stereocenters. The molecule has 0 bridgehead atoms. The van der Waals surface area contributed by atoms with Gasteiger partial charge in [0.2, 0.25) is 0 Å². The first-order valence-corrected chi connectivity index (χ1v) is 6.35. The first kappa shape index (κ1) is 12.8. The molecule has 6 heteroatoms. The first-order chi connectivity index (χ1) is 8.69. The second-order valence-corrected chi connectivity index (χ2v) is 4.77. The Morgan fingerprint density at radius 1 is 1.50 bits per heavy atom. The summed E-state index contributed by atoms with van der Waals surface area (Å²) in [5.74, 6) is 0. The van der Waals surface area contributed by atoms with Crippen molar-refractivity contribution in [1.82, 2.24) is 20.3 Å². The monoisotopic (exact) mass is 262 g/mol. The SMILES string of the molecule is CNCc1cccnc1Sc1nc(C)cc(=O)[nH]1. The molecule has 2 aromatic heterocycles. The average Bonchev–Trinajstić information content (AvgIpc) is 2.30. The minimum atomic E-state index is -0.143. The predicted molar refractivity (Wildman–Crippen MR) is 70.7 cm³/mol. The van der Waals surface area contributed by atoms with E-state index >= 15 is 0 Å². The highest BCUT2D eigenvalue weighted by molar-refractivity contribution is 7.99. The number of H-pyrrole nitrogens is 1. The summed E-state index contributed by atoms with van der Waals surface area (Å²) in [6, 6.07) is 5.36. The Bertz CT molecular complexity index is 597. The smallest absolute Gasteiger partial charge is 0.251 e. The van der Waals surface area contributed by atoms with Crippen molar-refractivity contribution in [3.63, 3.8) is 0 Å². The Morgan fingerprint density at radius 3 is 3.06 bits per heavy atom. The van der Waals surface area contributed by atoms with Crippen LogP contribution in [0.2, 0.25) is 0 Å². The molecule has 0 fully saturated rings. The van der Waals surface area contributed by atoms with E-state index in [9.17, 15) is 4.79 Å². The number of aromatic nitrogens is 3. The summed E-state index contributed by atoms with van der Waals surface area (Å²) in [4.78, 5) is 22.7. The number of aromatic amines is 1. The molecule has 2 rings (SSSR count). The minimum Gasteiger partial charge on any atom is -0.316 e. The molecule has 94 valence electrons. The third-order valence-electron chi connectivity index (χ3n) is 2.26. The number of nitrogens with one attached hydrogen (secondary N) is 2. The Labute approximate surface area is 109 Å². The number of nitrogens with zero attached hydrogens (tertiary/aromatic N) is 2. The zero-order valence-corrected chi connectivity index (χ0v) is 11.0. The van der Waals surface area contributed by atoms with Crippen LogP contribution in [0.15, 0.2) is 39.4 Å². The van der Waals surface area contributed by atoms with E-state index < -0.39 is 0 Å². The predicted octanol–water partition coefficient (Wildman–Crippen LogP) is 1.34. The molecule has 0 saturated heterocycles. The summed E-state index contributed by atoms with van der Waals surface area (Å²) in [7, 11) is 1.88. The number of rotatable bonds is 4. The quantitative estimate of drug-likeness (QED) is 0.814.